The second-order valence-electron chi connectivity index (χ2n) is 4.65. The van der Waals surface area contributed by atoms with Crippen molar-refractivity contribution in [3.05, 3.63) is 23.9 Å². The Hall–Kier alpha value is -0.740. The largest absolute Gasteiger partial charge is 0.377 e. The molecule has 2 atom stereocenters. The highest BCUT2D eigenvalue weighted by molar-refractivity contribution is 7.99. The first-order chi connectivity index (χ1) is 8.81. The summed E-state index contributed by atoms with van der Waals surface area (Å²) in [6.45, 7) is 6.23. The van der Waals surface area contributed by atoms with Gasteiger partial charge in [0.25, 0.3) is 0 Å². The van der Waals surface area contributed by atoms with Gasteiger partial charge in [-0.1, -0.05) is 13.0 Å². The third-order valence-electron chi connectivity index (χ3n) is 3.19. The molecule has 100 valence electrons. The van der Waals surface area contributed by atoms with Gasteiger partial charge >= 0.3 is 0 Å². The molecule has 2 heterocycles. The minimum atomic E-state index is 0.388. The minimum absolute atomic E-state index is 0.388. The summed E-state index contributed by atoms with van der Waals surface area (Å²) in [6, 6.07) is 4.18. The Kier molecular flexibility index (Phi) is 5.32. The quantitative estimate of drug-likeness (QED) is 0.856. The van der Waals surface area contributed by atoms with Gasteiger partial charge in [-0.05, 0) is 25.8 Å². The number of rotatable bonds is 6. The minimum Gasteiger partial charge on any atom is -0.377 e. The zero-order valence-electron chi connectivity index (χ0n) is 11.2. The summed E-state index contributed by atoms with van der Waals surface area (Å²) < 4.78 is 5.60. The predicted molar refractivity (Wildman–Crippen MR) is 78.1 cm³/mol. The van der Waals surface area contributed by atoms with Crippen LogP contribution in [0.5, 0.6) is 0 Å². The van der Waals surface area contributed by atoms with Crippen molar-refractivity contribution < 1.29 is 4.74 Å². The van der Waals surface area contributed by atoms with Gasteiger partial charge in [-0.3, -0.25) is 0 Å². The average Bonchev–Trinajstić information content (AvgIpc) is 2.80. The highest BCUT2D eigenvalue weighted by Gasteiger charge is 2.24. The molecule has 3 nitrogen and oxygen atoms in total. The first kappa shape index (κ1) is 13.7. The molecule has 1 aromatic rings. The molecule has 1 aliphatic heterocycles. The monoisotopic (exact) mass is 266 g/mol. The van der Waals surface area contributed by atoms with E-state index in [1.165, 1.54) is 12.0 Å². The molecule has 0 aliphatic carbocycles. The summed E-state index contributed by atoms with van der Waals surface area (Å²) in [4.78, 5) is 4.42. The van der Waals surface area contributed by atoms with E-state index in [9.17, 15) is 0 Å². The Morgan fingerprint density at radius 3 is 3.17 bits per heavy atom. The van der Waals surface area contributed by atoms with Crippen LogP contribution in [0.3, 0.4) is 0 Å². The number of hydrogen-bond donors (Lipinski definition) is 1. The van der Waals surface area contributed by atoms with E-state index >= 15 is 0 Å². The zero-order chi connectivity index (χ0) is 12.8. The number of nitrogens with one attached hydrogen (secondary N) is 1. The fraction of sp³-hybridized carbons (Fsp3) is 0.643. The lowest BCUT2D eigenvalue weighted by Gasteiger charge is -2.15. The van der Waals surface area contributed by atoms with Gasteiger partial charge < -0.3 is 10.1 Å². The lowest BCUT2D eigenvalue weighted by atomic mass is 10.2. The third-order valence-corrected chi connectivity index (χ3v) is 4.72. The molecule has 2 rings (SSSR count). The maximum Gasteiger partial charge on any atom is 0.129 e. The van der Waals surface area contributed by atoms with Crippen molar-refractivity contribution >= 4 is 17.6 Å². The molecule has 0 radical (unpaired) electrons. The fourth-order valence-electron chi connectivity index (χ4n) is 2.09. The van der Waals surface area contributed by atoms with Crippen LogP contribution in [0.25, 0.3) is 0 Å². The number of anilines is 1. The maximum atomic E-state index is 5.60. The number of nitrogens with zero attached hydrogens (tertiary/aromatic N) is 1. The molecular weight excluding hydrogens is 244 g/mol. The summed E-state index contributed by atoms with van der Waals surface area (Å²) in [5.74, 6) is 2.05. The SMILES string of the molecule is CCCNc1ncccc1CSC1CCOC1C. The number of ether oxygens (including phenoxy) is 1. The summed E-state index contributed by atoms with van der Waals surface area (Å²) in [5, 5.41) is 4.02. The Labute approximate surface area is 114 Å². The molecule has 1 aliphatic rings. The highest BCUT2D eigenvalue weighted by atomic mass is 32.2. The van der Waals surface area contributed by atoms with Crippen LogP contribution < -0.4 is 5.32 Å². The van der Waals surface area contributed by atoms with Crippen molar-refractivity contribution in [2.24, 2.45) is 0 Å². The lowest BCUT2D eigenvalue weighted by molar-refractivity contribution is 0.127. The standard InChI is InChI=1S/C14H22N2OS/c1-3-7-15-14-12(5-4-8-16-14)10-18-13-6-9-17-11(13)2/h4-5,8,11,13H,3,6-7,9-10H2,1-2H3,(H,15,16). The molecular formula is C14H22N2OS. The van der Waals surface area contributed by atoms with Gasteiger partial charge in [0.05, 0.1) is 6.10 Å². The van der Waals surface area contributed by atoms with Crippen LogP contribution in [-0.4, -0.2) is 29.5 Å². The third kappa shape index (κ3) is 3.62. The van der Waals surface area contributed by atoms with E-state index in [1.54, 1.807) is 0 Å². The van der Waals surface area contributed by atoms with Crippen LogP contribution in [0.15, 0.2) is 18.3 Å². The molecule has 0 bridgehead atoms. The number of aromatic nitrogens is 1. The van der Waals surface area contributed by atoms with Gasteiger partial charge in [0, 0.05) is 35.9 Å². The molecule has 1 fully saturated rings. The first-order valence-electron chi connectivity index (χ1n) is 6.72. The van der Waals surface area contributed by atoms with E-state index in [4.69, 9.17) is 4.74 Å². The molecule has 1 aromatic heterocycles. The van der Waals surface area contributed by atoms with Crippen molar-refractivity contribution in [1.29, 1.82) is 0 Å². The summed E-state index contributed by atoms with van der Waals surface area (Å²) in [6.07, 6.45) is 4.53. The van der Waals surface area contributed by atoms with Crippen LogP contribution in [-0.2, 0) is 10.5 Å². The van der Waals surface area contributed by atoms with Gasteiger partial charge in [0.15, 0.2) is 0 Å². The second-order valence-corrected chi connectivity index (χ2v) is 5.88. The van der Waals surface area contributed by atoms with Crippen LogP contribution in [0.2, 0.25) is 0 Å². The predicted octanol–water partition coefficient (Wildman–Crippen LogP) is 3.31. The van der Waals surface area contributed by atoms with E-state index < -0.39 is 0 Å². The van der Waals surface area contributed by atoms with E-state index in [2.05, 4.69) is 30.2 Å². The van der Waals surface area contributed by atoms with Gasteiger partial charge in [0.1, 0.15) is 5.82 Å². The normalized spacial score (nSPS) is 23.2. The van der Waals surface area contributed by atoms with Gasteiger partial charge in [0.2, 0.25) is 0 Å². The molecule has 0 aromatic carbocycles. The average molecular weight is 266 g/mol. The Bertz CT molecular complexity index is 373. The molecule has 0 amide bonds. The molecule has 18 heavy (non-hydrogen) atoms. The van der Waals surface area contributed by atoms with E-state index in [0.717, 1.165) is 31.1 Å². The van der Waals surface area contributed by atoms with E-state index in [1.807, 2.05) is 24.0 Å². The molecule has 1 N–H and O–H groups in total. The van der Waals surface area contributed by atoms with Crippen molar-refractivity contribution in [3.8, 4) is 0 Å². The van der Waals surface area contributed by atoms with Crippen molar-refractivity contribution in [2.75, 3.05) is 18.5 Å². The Morgan fingerprint density at radius 2 is 2.44 bits per heavy atom. The molecule has 4 heteroatoms. The fourth-order valence-corrected chi connectivity index (χ4v) is 3.32. The number of thioether (sulfide) groups is 1. The highest BCUT2D eigenvalue weighted by Crippen LogP contribution is 2.30. The number of pyridine rings is 1. The zero-order valence-corrected chi connectivity index (χ0v) is 12.0. The van der Waals surface area contributed by atoms with Crippen LogP contribution >= 0.6 is 11.8 Å². The van der Waals surface area contributed by atoms with Gasteiger partial charge in [-0.15, -0.1) is 0 Å². The summed E-state index contributed by atoms with van der Waals surface area (Å²) >= 11 is 1.99. The van der Waals surface area contributed by atoms with E-state index in [0.29, 0.717) is 11.4 Å². The first-order valence-corrected chi connectivity index (χ1v) is 7.77. The Balaban J connectivity index is 1.91. The second kappa shape index (κ2) is 7.00. The molecule has 0 saturated carbocycles. The van der Waals surface area contributed by atoms with Crippen LogP contribution in [0.1, 0.15) is 32.3 Å². The van der Waals surface area contributed by atoms with Crippen LogP contribution in [0.4, 0.5) is 5.82 Å². The Morgan fingerprint density at radius 1 is 1.56 bits per heavy atom. The smallest absolute Gasteiger partial charge is 0.129 e. The van der Waals surface area contributed by atoms with Crippen molar-refractivity contribution in [1.82, 2.24) is 4.98 Å². The number of hydrogen-bond acceptors (Lipinski definition) is 4. The van der Waals surface area contributed by atoms with Crippen LogP contribution in [0, 0.1) is 0 Å². The van der Waals surface area contributed by atoms with Gasteiger partial charge in [-0.2, -0.15) is 11.8 Å². The van der Waals surface area contributed by atoms with Crippen molar-refractivity contribution in [3.63, 3.8) is 0 Å². The van der Waals surface area contributed by atoms with Crippen molar-refractivity contribution in [2.45, 2.75) is 43.8 Å². The lowest BCUT2D eigenvalue weighted by Crippen LogP contribution is -2.14. The molecule has 2 unspecified atom stereocenters. The molecule has 0 spiro atoms. The van der Waals surface area contributed by atoms with E-state index in [-0.39, 0.29) is 0 Å². The van der Waals surface area contributed by atoms with Gasteiger partial charge in [-0.25, -0.2) is 4.98 Å². The molecule has 1 saturated heterocycles. The topological polar surface area (TPSA) is 34.2 Å². The summed E-state index contributed by atoms with van der Waals surface area (Å²) in [5.41, 5.74) is 1.30. The summed E-state index contributed by atoms with van der Waals surface area (Å²) in [7, 11) is 0. The maximum absolute atomic E-state index is 5.60.